The molecule has 0 radical (unpaired) electrons. The Bertz CT molecular complexity index is 820. The SMILES string of the molecule is C[C@]12C/C(=C\O)C(=O)C=C1C=C[C@@H]1[C@@H]2CC[C@@]2(C)[C@H]1CC[C@@]21CCC(=O)O1. The lowest BCUT2D eigenvalue weighted by Crippen LogP contribution is -2.53. The number of esters is 1. The van der Waals surface area contributed by atoms with Gasteiger partial charge in [0.05, 0.1) is 6.26 Å². The number of carbonyl (C=O) groups is 2. The van der Waals surface area contributed by atoms with Gasteiger partial charge in [-0.05, 0) is 67.9 Å². The highest BCUT2D eigenvalue weighted by atomic mass is 16.6. The molecule has 0 aromatic heterocycles. The minimum atomic E-state index is -0.261. The highest BCUT2D eigenvalue weighted by Crippen LogP contribution is 2.68. The van der Waals surface area contributed by atoms with E-state index in [0.717, 1.165) is 43.9 Å². The Hall–Kier alpha value is -1.84. The van der Waals surface area contributed by atoms with E-state index in [1.807, 2.05) is 0 Å². The summed E-state index contributed by atoms with van der Waals surface area (Å²) in [6.45, 7) is 4.61. The monoisotopic (exact) mass is 368 g/mol. The van der Waals surface area contributed by atoms with Crippen LogP contribution in [0, 0.1) is 28.6 Å². The Kier molecular flexibility index (Phi) is 3.43. The summed E-state index contributed by atoms with van der Waals surface area (Å²) in [6.07, 6.45) is 13.5. The molecule has 1 spiro atoms. The number of hydrogen-bond acceptors (Lipinski definition) is 4. The predicted molar refractivity (Wildman–Crippen MR) is 101 cm³/mol. The first-order chi connectivity index (χ1) is 12.8. The number of ketones is 1. The van der Waals surface area contributed by atoms with E-state index < -0.39 is 0 Å². The molecule has 0 aromatic rings. The molecule has 1 N–H and O–H groups in total. The van der Waals surface area contributed by atoms with Crippen molar-refractivity contribution < 1.29 is 19.4 Å². The maximum atomic E-state index is 12.2. The number of aliphatic hydroxyl groups excluding tert-OH is 1. The lowest BCUT2D eigenvalue weighted by molar-refractivity contribution is -0.165. The van der Waals surface area contributed by atoms with Crippen molar-refractivity contribution in [1.29, 1.82) is 0 Å². The minimum Gasteiger partial charge on any atom is -0.515 e. The van der Waals surface area contributed by atoms with Gasteiger partial charge in [-0.1, -0.05) is 26.0 Å². The molecule has 0 unspecified atom stereocenters. The first-order valence-corrected chi connectivity index (χ1v) is 10.3. The smallest absolute Gasteiger partial charge is 0.306 e. The molecule has 5 aliphatic rings. The van der Waals surface area contributed by atoms with Gasteiger partial charge in [-0.25, -0.2) is 0 Å². The minimum absolute atomic E-state index is 0.0288. The predicted octanol–water partition coefficient (Wildman–Crippen LogP) is 4.42. The summed E-state index contributed by atoms with van der Waals surface area (Å²) < 4.78 is 5.98. The molecule has 1 saturated heterocycles. The Morgan fingerprint density at radius 1 is 1.15 bits per heavy atom. The van der Waals surface area contributed by atoms with Crippen molar-refractivity contribution >= 4 is 11.8 Å². The van der Waals surface area contributed by atoms with Gasteiger partial charge in [0, 0.05) is 22.8 Å². The summed E-state index contributed by atoms with van der Waals surface area (Å²) in [6, 6.07) is 0. The maximum Gasteiger partial charge on any atom is 0.306 e. The molecule has 0 bridgehead atoms. The number of hydrogen-bond donors (Lipinski definition) is 1. The van der Waals surface area contributed by atoms with Crippen LogP contribution >= 0.6 is 0 Å². The summed E-state index contributed by atoms with van der Waals surface area (Å²) in [5.41, 5.74) is 1.32. The van der Waals surface area contributed by atoms with Crippen molar-refractivity contribution in [2.24, 2.45) is 28.6 Å². The van der Waals surface area contributed by atoms with Gasteiger partial charge in [0.15, 0.2) is 5.78 Å². The molecular weight excluding hydrogens is 340 g/mol. The van der Waals surface area contributed by atoms with Crippen LogP contribution in [0.25, 0.3) is 0 Å². The van der Waals surface area contributed by atoms with E-state index in [-0.39, 0.29) is 28.2 Å². The van der Waals surface area contributed by atoms with Gasteiger partial charge in [0.2, 0.25) is 0 Å². The van der Waals surface area contributed by atoms with E-state index in [4.69, 9.17) is 4.74 Å². The van der Waals surface area contributed by atoms with Gasteiger partial charge in [-0.2, -0.15) is 0 Å². The molecule has 27 heavy (non-hydrogen) atoms. The summed E-state index contributed by atoms with van der Waals surface area (Å²) in [5, 5.41) is 9.54. The van der Waals surface area contributed by atoms with Crippen LogP contribution in [0.5, 0.6) is 0 Å². The van der Waals surface area contributed by atoms with E-state index in [9.17, 15) is 14.7 Å². The Balaban J connectivity index is 1.54. The second-order valence-electron chi connectivity index (χ2n) is 9.83. The molecule has 0 amide bonds. The number of aliphatic hydroxyl groups is 1. The molecule has 0 aromatic carbocycles. The first-order valence-electron chi connectivity index (χ1n) is 10.3. The van der Waals surface area contributed by atoms with Crippen LogP contribution in [0.3, 0.4) is 0 Å². The summed E-state index contributed by atoms with van der Waals surface area (Å²) >= 11 is 0. The highest BCUT2D eigenvalue weighted by Gasteiger charge is 2.66. The maximum absolute atomic E-state index is 12.2. The van der Waals surface area contributed by atoms with Crippen molar-refractivity contribution in [3.8, 4) is 0 Å². The van der Waals surface area contributed by atoms with Crippen LogP contribution in [0.2, 0.25) is 0 Å². The summed E-state index contributed by atoms with van der Waals surface area (Å²) in [5.74, 6) is 1.32. The third-order valence-electron chi connectivity index (χ3n) is 8.96. The fraction of sp³-hybridized carbons (Fsp3) is 0.652. The van der Waals surface area contributed by atoms with Crippen molar-refractivity contribution in [2.45, 2.75) is 64.4 Å². The molecule has 4 heteroatoms. The summed E-state index contributed by atoms with van der Waals surface area (Å²) in [4.78, 5) is 24.2. The van der Waals surface area contributed by atoms with Gasteiger partial charge in [-0.3, -0.25) is 9.59 Å². The van der Waals surface area contributed by atoms with Crippen LogP contribution in [-0.4, -0.2) is 22.5 Å². The molecule has 4 aliphatic carbocycles. The molecule has 3 fully saturated rings. The normalized spacial score (nSPS) is 49.6. The Morgan fingerprint density at radius 3 is 2.63 bits per heavy atom. The molecular formula is C23H28O4. The molecule has 6 atom stereocenters. The van der Waals surface area contributed by atoms with Gasteiger partial charge >= 0.3 is 5.97 Å². The van der Waals surface area contributed by atoms with Crippen LogP contribution in [-0.2, 0) is 14.3 Å². The van der Waals surface area contributed by atoms with E-state index >= 15 is 0 Å². The van der Waals surface area contributed by atoms with Crippen molar-refractivity contribution in [3.63, 3.8) is 0 Å². The topological polar surface area (TPSA) is 63.6 Å². The quantitative estimate of drug-likeness (QED) is 0.390. The standard InChI is InChI=1S/C23H28O4/c1-21-12-14(13-24)19(25)11-15(21)3-4-16-17(21)5-8-22(2)18(16)6-9-23(22)10-7-20(26)27-23/h3-4,11,13,16-18,24H,5-10,12H2,1-2H3/b14-13+/t16-,17+,18+,21+,22+,23-/m1/s1. The van der Waals surface area contributed by atoms with Crippen molar-refractivity contribution in [3.05, 3.63) is 35.6 Å². The molecule has 144 valence electrons. The van der Waals surface area contributed by atoms with Crippen LogP contribution in [0.1, 0.15) is 58.8 Å². The second-order valence-corrected chi connectivity index (χ2v) is 9.83. The molecule has 1 heterocycles. The fourth-order valence-corrected chi connectivity index (χ4v) is 7.39. The largest absolute Gasteiger partial charge is 0.515 e. The van der Waals surface area contributed by atoms with Gasteiger partial charge in [0.25, 0.3) is 0 Å². The number of carbonyl (C=O) groups excluding carboxylic acids is 2. The lowest BCUT2D eigenvalue weighted by atomic mass is 9.48. The van der Waals surface area contributed by atoms with E-state index in [2.05, 4.69) is 26.0 Å². The van der Waals surface area contributed by atoms with Crippen LogP contribution in [0.4, 0.5) is 0 Å². The molecule has 5 rings (SSSR count). The third-order valence-corrected chi connectivity index (χ3v) is 8.96. The van der Waals surface area contributed by atoms with E-state index in [1.54, 1.807) is 6.08 Å². The van der Waals surface area contributed by atoms with Crippen molar-refractivity contribution in [1.82, 2.24) is 0 Å². The van der Waals surface area contributed by atoms with Crippen LogP contribution in [0.15, 0.2) is 35.6 Å². The average Bonchev–Trinajstić information content (AvgIpc) is 3.16. The first kappa shape index (κ1) is 17.3. The average molecular weight is 368 g/mol. The fourth-order valence-electron chi connectivity index (χ4n) is 7.39. The summed E-state index contributed by atoms with van der Waals surface area (Å²) in [7, 11) is 0. The van der Waals surface area contributed by atoms with Crippen molar-refractivity contribution in [2.75, 3.05) is 0 Å². The number of ether oxygens (including phenoxy) is 1. The van der Waals surface area contributed by atoms with Gasteiger partial charge in [-0.15, -0.1) is 0 Å². The van der Waals surface area contributed by atoms with Gasteiger partial charge in [0.1, 0.15) is 5.60 Å². The molecule has 2 saturated carbocycles. The zero-order valence-electron chi connectivity index (χ0n) is 16.2. The second kappa shape index (κ2) is 5.36. The lowest BCUT2D eigenvalue weighted by Gasteiger charge is -2.57. The van der Waals surface area contributed by atoms with Crippen LogP contribution < -0.4 is 0 Å². The molecule has 1 aliphatic heterocycles. The van der Waals surface area contributed by atoms with E-state index in [1.165, 1.54) is 0 Å². The van der Waals surface area contributed by atoms with E-state index in [0.29, 0.717) is 36.2 Å². The third kappa shape index (κ3) is 2.05. The van der Waals surface area contributed by atoms with Gasteiger partial charge < -0.3 is 9.84 Å². The number of allylic oxidation sites excluding steroid dienone is 5. The zero-order valence-corrected chi connectivity index (χ0v) is 16.2. The number of rotatable bonds is 0. The Morgan fingerprint density at radius 2 is 1.93 bits per heavy atom. The zero-order chi connectivity index (χ0) is 19.0. The molecule has 4 nitrogen and oxygen atoms in total. The number of fused-ring (bicyclic) bond motifs is 6. The highest BCUT2D eigenvalue weighted by molar-refractivity contribution is 6.05. The Labute approximate surface area is 160 Å².